The lowest BCUT2D eigenvalue weighted by Crippen LogP contribution is -2.41. The second-order valence-corrected chi connectivity index (χ2v) is 7.12. The Bertz CT molecular complexity index is 615. The van der Waals surface area contributed by atoms with Gasteiger partial charge in [-0.2, -0.15) is 0 Å². The molecule has 5 heteroatoms. The van der Waals surface area contributed by atoms with Crippen LogP contribution in [-0.2, 0) is 14.3 Å². The monoisotopic (exact) mass is 359 g/mol. The Morgan fingerprint density at radius 2 is 1.65 bits per heavy atom. The van der Waals surface area contributed by atoms with Crippen molar-refractivity contribution in [3.05, 3.63) is 35.4 Å². The van der Waals surface area contributed by atoms with Crippen LogP contribution >= 0.6 is 0 Å². The van der Waals surface area contributed by atoms with Gasteiger partial charge in [-0.15, -0.1) is 0 Å². The number of carbonyl (C=O) groups excluding carboxylic acids is 3. The van der Waals surface area contributed by atoms with Crippen molar-refractivity contribution in [2.24, 2.45) is 0 Å². The summed E-state index contributed by atoms with van der Waals surface area (Å²) in [6, 6.07) is 7.42. The van der Waals surface area contributed by atoms with Gasteiger partial charge in [0, 0.05) is 18.0 Å². The third-order valence-electron chi connectivity index (χ3n) is 4.81. The van der Waals surface area contributed by atoms with Crippen LogP contribution in [0.3, 0.4) is 0 Å². The van der Waals surface area contributed by atoms with E-state index in [0.29, 0.717) is 5.56 Å². The zero-order chi connectivity index (χ0) is 18.9. The number of Topliss-reactive ketones (excluding diaryl/α,β-unsaturated/α-hetero) is 1. The number of carbonyl (C=O) groups is 3. The first-order valence-electron chi connectivity index (χ1n) is 9.55. The number of rotatable bonds is 7. The largest absolute Gasteiger partial charge is 0.453 e. The minimum atomic E-state index is -0.833. The van der Waals surface area contributed by atoms with Gasteiger partial charge >= 0.3 is 5.97 Å². The number of hydrogen-bond acceptors (Lipinski definition) is 4. The molecule has 1 aromatic carbocycles. The number of benzene rings is 1. The van der Waals surface area contributed by atoms with Crippen molar-refractivity contribution in [3.8, 4) is 0 Å². The molecule has 26 heavy (non-hydrogen) atoms. The number of ketones is 1. The summed E-state index contributed by atoms with van der Waals surface area (Å²) in [4.78, 5) is 36.2. The van der Waals surface area contributed by atoms with Crippen LogP contribution in [-0.4, -0.2) is 29.8 Å². The van der Waals surface area contributed by atoms with Crippen molar-refractivity contribution in [2.75, 3.05) is 0 Å². The van der Waals surface area contributed by atoms with Gasteiger partial charge in [0.25, 0.3) is 5.91 Å². The van der Waals surface area contributed by atoms with Crippen LogP contribution in [0.5, 0.6) is 0 Å². The first-order valence-corrected chi connectivity index (χ1v) is 9.55. The van der Waals surface area contributed by atoms with E-state index in [4.69, 9.17) is 4.74 Å². The number of ether oxygens (including phenoxy) is 1. The SMILES string of the molecule is Cc1ccc(C(=O)CCC(=O)O[C@H](C)C(=O)NC2CCCCCC2)cc1. The van der Waals surface area contributed by atoms with Crippen molar-refractivity contribution in [1.82, 2.24) is 5.32 Å². The first-order chi connectivity index (χ1) is 12.5. The Morgan fingerprint density at radius 3 is 2.27 bits per heavy atom. The molecule has 1 fully saturated rings. The van der Waals surface area contributed by atoms with E-state index in [1.165, 1.54) is 12.8 Å². The Labute approximate surface area is 155 Å². The molecule has 0 unspecified atom stereocenters. The lowest BCUT2D eigenvalue weighted by Gasteiger charge is -2.19. The molecule has 1 saturated carbocycles. The summed E-state index contributed by atoms with van der Waals surface area (Å²) >= 11 is 0. The molecule has 1 aliphatic carbocycles. The summed E-state index contributed by atoms with van der Waals surface area (Å²) in [6.45, 7) is 3.53. The first kappa shape index (κ1) is 20.1. The molecule has 0 aliphatic heterocycles. The molecule has 142 valence electrons. The lowest BCUT2D eigenvalue weighted by atomic mass is 10.1. The highest BCUT2D eigenvalue weighted by Crippen LogP contribution is 2.17. The molecule has 1 aliphatic rings. The van der Waals surface area contributed by atoms with Crippen molar-refractivity contribution < 1.29 is 19.1 Å². The van der Waals surface area contributed by atoms with Gasteiger partial charge in [-0.3, -0.25) is 14.4 Å². The fraction of sp³-hybridized carbons (Fsp3) is 0.571. The minimum absolute atomic E-state index is 0.0201. The average molecular weight is 359 g/mol. The molecule has 0 heterocycles. The standard InChI is InChI=1S/C21H29NO4/c1-15-9-11-17(12-10-15)19(23)13-14-20(24)26-16(2)21(25)22-18-7-5-3-4-6-8-18/h9-12,16,18H,3-8,13-14H2,1-2H3,(H,22,25)/t16-/m1/s1. The molecule has 2 rings (SSSR count). The highest BCUT2D eigenvalue weighted by atomic mass is 16.5. The van der Waals surface area contributed by atoms with Crippen LogP contribution in [0.1, 0.15) is 74.2 Å². The van der Waals surface area contributed by atoms with Gasteiger partial charge < -0.3 is 10.1 Å². The van der Waals surface area contributed by atoms with Crippen molar-refractivity contribution in [2.45, 2.75) is 77.4 Å². The minimum Gasteiger partial charge on any atom is -0.453 e. The molecule has 1 N–H and O–H groups in total. The van der Waals surface area contributed by atoms with Crippen LogP contribution in [0, 0.1) is 6.92 Å². The maximum atomic E-state index is 12.2. The van der Waals surface area contributed by atoms with Crippen molar-refractivity contribution in [1.29, 1.82) is 0 Å². The number of aryl methyl sites for hydroxylation is 1. The zero-order valence-corrected chi connectivity index (χ0v) is 15.8. The molecule has 1 amide bonds. The topological polar surface area (TPSA) is 72.5 Å². The summed E-state index contributed by atoms with van der Waals surface area (Å²) in [6.07, 6.45) is 5.88. The average Bonchev–Trinajstić information content (AvgIpc) is 2.89. The molecule has 0 saturated heterocycles. The van der Waals surface area contributed by atoms with E-state index in [1.54, 1.807) is 19.1 Å². The van der Waals surface area contributed by atoms with Crippen LogP contribution in [0.15, 0.2) is 24.3 Å². The van der Waals surface area contributed by atoms with E-state index in [9.17, 15) is 14.4 Å². The second kappa shape index (κ2) is 10.1. The van der Waals surface area contributed by atoms with E-state index in [1.807, 2.05) is 19.1 Å². The summed E-state index contributed by atoms with van der Waals surface area (Å²) in [5.74, 6) is -0.874. The van der Waals surface area contributed by atoms with E-state index in [2.05, 4.69) is 5.32 Å². The zero-order valence-electron chi connectivity index (χ0n) is 15.8. The van der Waals surface area contributed by atoms with Gasteiger partial charge in [0.1, 0.15) is 0 Å². The predicted molar refractivity (Wildman–Crippen MR) is 99.9 cm³/mol. The third-order valence-corrected chi connectivity index (χ3v) is 4.81. The van der Waals surface area contributed by atoms with Gasteiger partial charge in [0.05, 0.1) is 6.42 Å². The van der Waals surface area contributed by atoms with E-state index >= 15 is 0 Å². The fourth-order valence-electron chi connectivity index (χ4n) is 3.15. The molecular formula is C21H29NO4. The van der Waals surface area contributed by atoms with Gasteiger partial charge in [0.2, 0.25) is 0 Å². The Morgan fingerprint density at radius 1 is 1.04 bits per heavy atom. The fourth-order valence-corrected chi connectivity index (χ4v) is 3.15. The molecule has 0 spiro atoms. The van der Waals surface area contributed by atoms with E-state index in [0.717, 1.165) is 31.2 Å². The number of amides is 1. The third kappa shape index (κ3) is 6.62. The summed E-state index contributed by atoms with van der Waals surface area (Å²) in [7, 11) is 0. The van der Waals surface area contributed by atoms with Crippen LogP contribution in [0.2, 0.25) is 0 Å². The number of nitrogens with one attached hydrogen (secondary N) is 1. The smallest absolute Gasteiger partial charge is 0.307 e. The second-order valence-electron chi connectivity index (χ2n) is 7.12. The molecule has 0 aromatic heterocycles. The number of hydrogen-bond donors (Lipinski definition) is 1. The lowest BCUT2D eigenvalue weighted by molar-refractivity contribution is -0.155. The van der Waals surface area contributed by atoms with E-state index < -0.39 is 12.1 Å². The summed E-state index contributed by atoms with van der Waals surface area (Å²) in [5, 5.41) is 2.98. The molecule has 5 nitrogen and oxygen atoms in total. The molecule has 1 aromatic rings. The summed E-state index contributed by atoms with van der Waals surface area (Å²) in [5.41, 5.74) is 1.66. The molecular weight excluding hydrogens is 330 g/mol. The van der Waals surface area contributed by atoms with Gasteiger partial charge in [-0.05, 0) is 26.7 Å². The number of esters is 1. The molecule has 0 bridgehead atoms. The normalized spacial score (nSPS) is 16.4. The molecule has 1 atom stereocenters. The molecule has 0 radical (unpaired) electrons. The quantitative estimate of drug-likeness (QED) is 0.457. The van der Waals surface area contributed by atoms with Crippen LogP contribution in [0.25, 0.3) is 0 Å². The van der Waals surface area contributed by atoms with Crippen LogP contribution in [0.4, 0.5) is 0 Å². The highest BCUT2D eigenvalue weighted by Gasteiger charge is 2.22. The Kier molecular flexibility index (Phi) is 7.82. The predicted octanol–water partition coefficient (Wildman–Crippen LogP) is 3.73. The Balaban J connectivity index is 1.72. The van der Waals surface area contributed by atoms with Crippen LogP contribution < -0.4 is 5.32 Å². The van der Waals surface area contributed by atoms with E-state index in [-0.39, 0.29) is 30.6 Å². The highest BCUT2D eigenvalue weighted by molar-refractivity contribution is 5.97. The maximum absolute atomic E-state index is 12.2. The van der Waals surface area contributed by atoms with Gasteiger partial charge in [0.15, 0.2) is 11.9 Å². The van der Waals surface area contributed by atoms with Gasteiger partial charge in [-0.25, -0.2) is 0 Å². The maximum Gasteiger partial charge on any atom is 0.307 e. The Hall–Kier alpha value is -2.17. The summed E-state index contributed by atoms with van der Waals surface area (Å²) < 4.78 is 5.19. The van der Waals surface area contributed by atoms with Crippen molar-refractivity contribution in [3.63, 3.8) is 0 Å². The van der Waals surface area contributed by atoms with Crippen molar-refractivity contribution >= 4 is 17.7 Å². The van der Waals surface area contributed by atoms with Gasteiger partial charge in [-0.1, -0.05) is 55.5 Å².